The quantitative estimate of drug-likeness (QED) is 0.682. The van der Waals surface area contributed by atoms with Crippen LogP contribution in [0.25, 0.3) is 0 Å². The molecule has 3 N–H and O–H groups in total. The van der Waals surface area contributed by atoms with Gasteiger partial charge in [0, 0.05) is 16.4 Å². The number of thiophene rings is 1. The number of hydrogen-bond acceptors (Lipinski definition) is 5. The van der Waals surface area contributed by atoms with Gasteiger partial charge in [-0.25, -0.2) is 0 Å². The molecule has 1 saturated heterocycles. The highest BCUT2D eigenvalue weighted by molar-refractivity contribution is 7.09. The summed E-state index contributed by atoms with van der Waals surface area (Å²) in [6, 6.07) is 10.7. The molecule has 1 unspecified atom stereocenters. The lowest BCUT2D eigenvalue weighted by atomic mass is 10.0. The van der Waals surface area contributed by atoms with Crippen LogP contribution in [0.2, 0.25) is 5.02 Å². The van der Waals surface area contributed by atoms with Gasteiger partial charge in [0.05, 0.1) is 12.6 Å². The molecule has 0 bridgehead atoms. The van der Waals surface area contributed by atoms with E-state index in [4.69, 9.17) is 11.6 Å². The first-order chi connectivity index (χ1) is 13.0. The van der Waals surface area contributed by atoms with Gasteiger partial charge in [-0.2, -0.15) is 0 Å². The molecule has 6 nitrogen and oxygen atoms in total. The van der Waals surface area contributed by atoms with Gasteiger partial charge in [0.2, 0.25) is 0 Å². The van der Waals surface area contributed by atoms with Gasteiger partial charge in [-0.15, -0.1) is 11.3 Å². The number of hydrogen-bond donors (Lipinski definition) is 3. The molecule has 0 spiro atoms. The second kappa shape index (κ2) is 8.84. The Balaban J connectivity index is 1.63. The van der Waals surface area contributed by atoms with Gasteiger partial charge in [-0.05, 0) is 42.0 Å². The molecule has 1 aromatic carbocycles. The zero-order valence-corrected chi connectivity index (χ0v) is 16.1. The Morgan fingerprint density at radius 3 is 2.78 bits per heavy atom. The van der Waals surface area contributed by atoms with E-state index >= 15 is 0 Å². The molecule has 1 aliphatic heterocycles. The van der Waals surface area contributed by atoms with Crippen LogP contribution in [-0.2, 0) is 16.1 Å². The highest BCUT2D eigenvalue weighted by Crippen LogP contribution is 2.33. The zero-order chi connectivity index (χ0) is 19.4. The van der Waals surface area contributed by atoms with Crippen molar-refractivity contribution in [1.82, 2.24) is 10.2 Å². The molecule has 2 aromatic rings. The maximum atomic E-state index is 12.7. The number of halogens is 1. The summed E-state index contributed by atoms with van der Waals surface area (Å²) in [5, 5.41) is 25.4. The molecule has 27 heavy (non-hydrogen) atoms. The molecule has 1 fully saturated rings. The summed E-state index contributed by atoms with van der Waals surface area (Å²) in [6.07, 6.45) is -2.12. The van der Waals surface area contributed by atoms with Crippen LogP contribution < -0.4 is 5.32 Å². The second-order valence-electron chi connectivity index (χ2n) is 6.43. The summed E-state index contributed by atoms with van der Waals surface area (Å²) in [4.78, 5) is 27.2. The zero-order valence-electron chi connectivity index (χ0n) is 14.5. The molecule has 0 radical (unpaired) electrons. The van der Waals surface area contributed by atoms with Gasteiger partial charge >= 0.3 is 0 Å². The summed E-state index contributed by atoms with van der Waals surface area (Å²) >= 11 is 7.50. The van der Waals surface area contributed by atoms with Gasteiger partial charge in [0.25, 0.3) is 11.8 Å². The van der Waals surface area contributed by atoms with Crippen LogP contribution in [-0.4, -0.2) is 45.7 Å². The van der Waals surface area contributed by atoms with Crippen LogP contribution in [0, 0.1) is 0 Å². The highest BCUT2D eigenvalue weighted by atomic mass is 35.5. The number of nitrogens with zero attached hydrogens (tertiary/aromatic N) is 1. The lowest BCUT2D eigenvalue weighted by Gasteiger charge is -2.28. The van der Waals surface area contributed by atoms with E-state index in [0.29, 0.717) is 11.6 Å². The van der Waals surface area contributed by atoms with Crippen LogP contribution in [0.4, 0.5) is 0 Å². The predicted molar refractivity (Wildman–Crippen MR) is 103 cm³/mol. The van der Waals surface area contributed by atoms with E-state index < -0.39 is 24.0 Å². The van der Waals surface area contributed by atoms with Gasteiger partial charge < -0.3 is 20.4 Å². The molecule has 8 heteroatoms. The minimum atomic E-state index is -1.82. The molecule has 1 aliphatic rings. The minimum absolute atomic E-state index is 0.229. The Morgan fingerprint density at radius 1 is 1.26 bits per heavy atom. The molecule has 144 valence electrons. The smallest absolute Gasteiger partial charge is 0.255 e. The SMILES string of the molecule is O=C(NCc1cccs1)[C@H](O)[C@@H](O)C(=O)N1CCCC1c1cccc(Cl)c1. The van der Waals surface area contributed by atoms with Crippen molar-refractivity contribution >= 4 is 34.8 Å². The van der Waals surface area contributed by atoms with Gasteiger partial charge in [-0.1, -0.05) is 29.8 Å². The second-order valence-corrected chi connectivity index (χ2v) is 7.90. The molecule has 0 saturated carbocycles. The number of aliphatic hydroxyl groups is 2. The molecular formula is C19H21ClN2O4S. The third kappa shape index (κ3) is 4.68. The fourth-order valence-corrected chi connectivity index (χ4v) is 4.07. The molecule has 1 aromatic heterocycles. The Labute approximate surface area is 166 Å². The van der Waals surface area contributed by atoms with Crippen LogP contribution in [0.15, 0.2) is 41.8 Å². The maximum absolute atomic E-state index is 12.7. The van der Waals surface area contributed by atoms with Crippen molar-refractivity contribution in [2.24, 2.45) is 0 Å². The topological polar surface area (TPSA) is 89.9 Å². The molecule has 0 aliphatic carbocycles. The Kier molecular flexibility index (Phi) is 6.49. The molecule has 2 amide bonds. The Morgan fingerprint density at radius 2 is 2.07 bits per heavy atom. The minimum Gasteiger partial charge on any atom is -0.380 e. The Bertz CT molecular complexity index is 799. The molecule has 2 heterocycles. The highest BCUT2D eigenvalue weighted by Gasteiger charge is 2.38. The summed E-state index contributed by atoms with van der Waals surface area (Å²) in [5.41, 5.74) is 0.872. The van der Waals surface area contributed by atoms with E-state index in [9.17, 15) is 19.8 Å². The monoisotopic (exact) mass is 408 g/mol. The van der Waals surface area contributed by atoms with Crippen LogP contribution >= 0.6 is 22.9 Å². The van der Waals surface area contributed by atoms with E-state index in [0.717, 1.165) is 23.3 Å². The molecule has 3 atom stereocenters. The average Bonchev–Trinajstić information content (AvgIpc) is 3.35. The van der Waals surface area contributed by atoms with Crippen LogP contribution in [0.5, 0.6) is 0 Å². The van der Waals surface area contributed by atoms with Gasteiger partial charge in [0.15, 0.2) is 12.2 Å². The van der Waals surface area contributed by atoms with Gasteiger partial charge in [-0.3, -0.25) is 9.59 Å². The number of aliphatic hydroxyl groups excluding tert-OH is 2. The van der Waals surface area contributed by atoms with Gasteiger partial charge in [0.1, 0.15) is 0 Å². The first kappa shape index (κ1) is 19.8. The number of rotatable bonds is 6. The number of nitrogens with one attached hydrogen (secondary N) is 1. The fourth-order valence-electron chi connectivity index (χ4n) is 3.23. The Hall–Kier alpha value is -1.93. The first-order valence-corrected chi connectivity index (χ1v) is 9.95. The van der Waals surface area contributed by atoms with Crippen molar-refractivity contribution in [1.29, 1.82) is 0 Å². The number of benzene rings is 1. The summed E-state index contributed by atoms with van der Waals surface area (Å²) in [5.74, 6) is -1.43. The lowest BCUT2D eigenvalue weighted by Crippen LogP contribution is -2.50. The number of likely N-dealkylation sites (tertiary alicyclic amines) is 1. The van der Waals surface area contributed by atoms with E-state index in [1.54, 1.807) is 12.1 Å². The van der Waals surface area contributed by atoms with E-state index in [-0.39, 0.29) is 12.6 Å². The standard InChI is InChI=1S/C19H21ClN2O4S/c20-13-5-1-4-12(10-13)15-7-2-8-22(15)19(26)17(24)16(23)18(25)21-11-14-6-3-9-27-14/h1,3-6,9-10,15-17,23-24H,2,7-8,11H2,(H,21,25)/t15?,16-,17-/m1/s1. The molecular weight excluding hydrogens is 388 g/mol. The fraction of sp³-hybridized carbons (Fsp3) is 0.368. The third-order valence-corrected chi connectivity index (χ3v) is 5.72. The van der Waals surface area contributed by atoms with Crippen molar-refractivity contribution in [2.75, 3.05) is 6.54 Å². The van der Waals surface area contributed by atoms with E-state index in [1.807, 2.05) is 29.6 Å². The van der Waals surface area contributed by atoms with Crippen molar-refractivity contribution in [3.05, 3.63) is 57.2 Å². The summed E-state index contributed by atoms with van der Waals surface area (Å²) in [6.45, 7) is 0.694. The van der Waals surface area contributed by atoms with E-state index in [2.05, 4.69) is 5.32 Å². The largest absolute Gasteiger partial charge is 0.380 e. The van der Waals surface area contributed by atoms with Crippen molar-refractivity contribution in [3.63, 3.8) is 0 Å². The summed E-state index contributed by atoms with van der Waals surface area (Å²) < 4.78 is 0. The van der Waals surface area contributed by atoms with Crippen LogP contribution in [0.3, 0.4) is 0 Å². The first-order valence-electron chi connectivity index (χ1n) is 8.69. The maximum Gasteiger partial charge on any atom is 0.255 e. The lowest BCUT2D eigenvalue weighted by molar-refractivity contribution is -0.153. The van der Waals surface area contributed by atoms with Crippen molar-refractivity contribution in [3.8, 4) is 0 Å². The number of amides is 2. The average molecular weight is 409 g/mol. The predicted octanol–water partition coefficient (Wildman–Crippen LogP) is 2.10. The molecule has 3 rings (SSSR count). The third-order valence-electron chi connectivity index (χ3n) is 4.61. The van der Waals surface area contributed by atoms with Crippen molar-refractivity contribution < 1.29 is 19.8 Å². The van der Waals surface area contributed by atoms with Crippen molar-refractivity contribution in [2.45, 2.75) is 37.6 Å². The number of carbonyl (C=O) groups is 2. The van der Waals surface area contributed by atoms with E-state index in [1.165, 1.54) is 16.2 Å². The normalized spacial score (nSPS) is 18.9. The number of carbonyl (C=O) groups excluding carboxylic acids is 2. The summed E-state index contributed by atoms with van der Waals surface area (Å²) in [7, 11) is 0. The van der Waals surface area contributed by atoms with Crippen LogP contribution in [0.1, 0.15) is 29.3 Å².